The average molecular weight is 295 g/mol. The third-order valence-electron chi connectivity index (χ3n) is 4.36. The van der Waals surface area contributed by atoms with Gasteiger partial charge in [0.15, 0.2) is 0 Å². The van der Waals surface area contributed by atoms with Gasteiger partial charge in [-0.25, -0.2) is 0 Å². The van der Waals surface area contributed by atoms with Crippen molar-refractivity contribution < 1.29 is 5.11 Å². The smallest absolute Gasteiger partial charge is 0.0446 e. The van der Waals surface area contributed by atoms with E-state index < -0.39 is 0 Å². The molecule has 0 aliphatic heterocycles. The van der Waals surface area contributed by atoms with Crippen LogP contribution in [0.2, 0.25) is 0 Å². The van der Waals surface area contributed by atoms with E-state index in [1.54, 1.807) is 10.4 Å². The maximum Gasteiger partial charge on any atom is 0.0446 e. The molecule has 2 atom stereocenters. The first-order valence-corrected chi connectivity index (χ1v) is 8.72. The zero-order valence-corrected chi connectivity index (χ0v) is 14.1. The number of hydrogen-bond donors (Lipinski definition) is 2. The monoisotopic (exact) mass is 295 g/mol. The molecule has 0 radical (unpaired) electrons. The van der Waals surface area contributed by atoms with E-state index in [0.717, 1.165) is 6.42 Å². The van der Waals surface area contributed by atoms with Gasteiger partial charge in [-0.1, -0.05) is 20.8 Å². The van der Waals surface area contributed by atoms with Gasteiger partial charge in [0, 0.05) is 28.4 Å². The van der Waals surface area contributed by atoms with E-state index in [1.165, 1.54) is 30.6 Å². The Hall–Kier alpha value is -0.380. The SMILES string of the molecule is CC(NC(CCO)C(C)(C)C)c1cc2c(s1)CCCC2. The molecule has 3 heteroatoms. The number of aliphatic hydroxyl groups is 1. The van der Waals surface area contributed by atoms with E-state index in [9.17, 15) is 5.11 Å². The Kier molecular flexibility index (Phi) is 5.27. The number of rotatable bonds is 5. The van der Waals surface area contributed by atoms with Crippen molar-refractivity contribution in [3.63, 3.8) is 0 Å². The van der Waals surface area contributed by atoms with Gasteiger partial charge in [0.1, 0.15) is 0 Å². The Morgan fingerprint density at radius 3 is 2.60 bits per heavy atom. The van der Waals surface area contributed by atoms with E-state index >= 15 is 0 Å². The molecule has 1 heterocycles. The lowest BCUT2D eigenvalue weighted by molar-refractivity contribution is 0.188. The number of nitrogens with one attached hydrogen (secondary N) is 1. The van der Waals surface area contributed by atoms with Gasteiger partial charge in [-0.15, -0.1) is 11.3 Å². The van der Waals surface area contributed by atoms with E-state index in [4.69, 9.17) is 0 Å². The van der Waals surface area contributed by atoms with Gasteiger partial charge in [-0.2, -0.15) is 0 Å². The fourth-order valence-electron chi connectivity index (χ4n) is 3.01. The molecule has 0 amide bonds. The fourth-order valence-corrected chi connectivity index (χ4v) is 4.28. The predicted octanol–water partition coefficient (Wildman–Crippen LogP) is 4.07. The van der Waals surface area contributed by atoms with E-state index in [1.807, 2.05) is 11.3 Å². The van der Waals surface area contributed by atoms with Crippen LogP contribution in [0.25, 0.3) is 0 Å². The average Bonchev–Trinajstić information content (AvgIpc) is 2.80. The Bertz CT molecular complexity index is 409. The summed E-state index contributed by atoms with van der Waals surface area (Å²) in [5.41, 5.74) is 1.76. The quantitative estimate of drug-likeness (QED) is 0.858. The molecule has 1 aromatic rings. The van der Waals surface area contributed by atoms with Crippen LogP contribution < -0.4 is 5.32 Å². The van der Waals surface area contributed by atoms with Crippen molar-refractivity contribution in [3.8, 4) is 0 Å². The van der Waals surface area contributed by atoms with Gasteiger partial charge >= 0.3 is 0 Å². The lowest BCUT2D eigenvalue weighted by Crippen LogP contribution is -2.42. The van der Waals surface area contributed by atoms with Crippen LogP contribution >= 0.6 is 11.3 Å². The Morgan fingerprint density at radius 1 is 1.30 bits per heavy atom. The molecule has 114 valence electrons. The summed E-state index contributed by atoms with van der Waals surface area (Å²) in [6, 6.07) is 3.14. The standard InChI is InChI=1S/C17H29NOS/c1-12(18-16(9-10-19)17(2,3)4)15-11-13-7-5-6-8-14(13)20-15/h11-12,16,18-19H,5-10H2,1-4H3. The van der Waals surface area contributed by atoms with Crippen LogP contribution in [0.3, 0.4) is 0 Å². The molecule has 2 unspecified atom stereocenters. The fraction of sp³-hybridized carbons (Fsp3) is 0.765. The van der Waals surface area contributed by atoms with Gasteiger partial charge in [0.25, 0.3) is 0 Å². The molecule has 1 aliphatic carbocycles. The molecule has 0 saturated carbocycles. The first kappa shape index (κ1) is 16.0. The second-order valence-corrected chi connectivity index (χ2v) is 8.29. The molecule has 0 fully saturated rings. The van der Waals surface area contributed by atoms with Crippen molar-refractivity contribution in [1.82, 2.24) is 5.32 Å². The van der Waals surface area contributed by atoms with Gasteiger partial charge in [-0.3, -0.25) is 0 Å². The molecule has 2 N–H and O–H groups in total. The predicted molar refractivity (Wildman–Crippen MR) is 87.5 cm³/mol. The summed E-state index contributed by atoms with van der Waals surface area (Å²) in [6.07, 6.45) is 6.05. The number of aryl methyl sites for hydroxylation is 2. The zero-order valence-electron chi connectivity index (χ0n) is 13.3. The summed E-state index contributed by atoms with van der Waals surface area (Å²) in [4.78, 5) is 3.07. The normalized spacial score (nSPS) is 18.6. The zero-order chi connectivity index (χ0) is 14.8. The summed E-state index contributed by atoms with van der Waals surface area (Å²) < 4.78 is 0. The largest absolute Gasteiger partial charge is 0.396 e. The number of aliphatic hydroxyl groups excluding tert-OH is 1. The summed E-state index contributed by atoms with van der Waals surface area (Å²) in [5, 5.41) is 13.0. The molecule has 20 heavy (non-hydrogen) atoms. The highest BCUT2D eigenvalue weighted by Crippen LogP contribution is 2.34. The molecule has 0 bridgehead atoms. The third-order valence-corrected chi connectivity index (χ3v) is 5.78. The minimum Gasteiger partial charge on any atom is -0.396 e. The topological polar surface area (TPSA) is 32.3 Å². The van der Waals surface area contributed by atoms with Crippen molar-refractivity contribution in [3.05, 3.63) is 21.4 Å². The molecule has 0 saturated heterocycles. The van der Waals surface area contributed by atoms with Crippen LogP contribution in [0.15, 0.2) is 6.07 Å². The second-order valence-electron chi connectivity index (χ2n) is 7.12. The van der Waals surface area contributed by atoms with E-state index in [-0.39, 0.29) is 12.0 Å². The number of thiophene rings is 1. The first-order valence-electron chi connectivity index (χ1n) is 7.90. The maximum absolute atomic E-state index is 9.28. The van der Waals surface area contributed by atoms with Gasteiger partial charge in [0.05, 0.1) is 0 Å². The Morgan fingerprint density at radius 2 is 2.00 bits per heavy atom. The minimum atomic E-state index is 0.174. The number of hydrogen-bond acceptors (Lipinski definition) is 3. The highest BCUT2D eigenvalue weighted by atomic mass is 32.1. The summed E-state index contributed by atoms with van der Waals surface area (Å²) >= 11 is 1.99. The molecule has 0 spiro atoms. The van der Waals surface area contributed by atoms with Crippen molar-refractivity contribution in [1.29, 1.82) is 0 Å². The van der Waals surface area contributed by atoms with Gasteiger partial charge in [-0.05, 0) is 56.1 Å². The van der Waals surface area contributed by atoms with Crippen LogP contribution in [0.1, 0.15) is 68.3 Å². The maximum atomic E-state index is 9.28. The van der Waals surface area contributed by atoms with Crippen molar-refractivity contribution in [2.75, 3.05) is 6.61 Å². The lowest BCUT2D eigenvalue weighted by atomic mass is 9.84. The van der Waals surface area contributed by atoms with Crippen molar-refractivity contribution in [2.24, 2.45) is 5.41 Å². The highest BCUT2D eigenvalue weighted by molar-refractivity contribution is 7.12. The number of fused-ring (bicyclic) bond motifs is 1. The highest BCUT2D eigenvalue weighted by Gasteiger charge is 2.26. The van der Waals surface area contributed by atoms with Crippen molar-refractivity contribution >= 4 is 11.3 Å². The van der Waals surface area contributed by atoms with Gasteiger partial charge in [0.2, 0.25) is 0 Å². The van der Waals surface area contributed by atoms with Crippen molar-refractivity contribution in [2.45, 2.75) is 71.9 Å². The Labute approximate surface area is 127 Å². The summed E-state index contributed by atoms with van der Waals surface area (Å²) in [5.74, 6) is 0. The molecule has 0 aromatic carbocycles. The van der Waals surface area contributed by atoms with Crippen LogP contribution in [0, 0.1) is 5.41 Å². The summed E-state index contributed by atoms with van der Waals surface area (Å²) in [6.45, 7) is 9.24. The van der Waals surface area contributed by atoms with Gasteiger partial charge < -0.3 is 10.4 Å². The summed E-state index contributed by atoms with van der Waals surface area (Å²) in [7, 11) is 0. The lowest BCUT2D eigenvalue weighted by Gasteiger charge is -2.33. The molecule has 1 aromatic heterocycles. The van der Waals surface area contributed by atoms with Crippen LogP contribution in [-0.4, -0.2) is 17.8 Å². The molecule has 2 nitrogen and oxygen atoms in total. The van der Waals surface area contributed by atoms with Crippen LogP contribution in [0.5, 0.6) is 0 Å². The first-order chi connectivity index (χ1) is 9.41. The van der Waals surface area contributed by atoms with E-state index in [2.05, 4.69) is 39.1 Å². The van der Waals surface area contributed by atoms with Crippen LogP contribution in [0.4, 0.5) is 0 Å². The second kappa shape index (κ2) is 6.59. The minimum absolute atomic E-state index is 0.174. The Balaban J connectivity index is 2.06. The van der Waals surface area contributed by atoms with Crippen LogP contribution in [-0.2, 0) is 12.8 Å². The molecular formula is C17H29NOS. The molecular weight excluding hydrogens is 266 g/mol. The molecule has 2 rings (SSSR count). The molecule has 1 aliphatic rings. The van der Waals surface area contributed by atoms with E-state index in [0.29, 0.717) is 12.1 Å². The third kappa shape index (κ3) is 3.84.